The molecule has 0 atom stereocenters. The van der Waals surface area contributed by atoms with Gasteiger partial charge in [-0.3, -0.25) is 9.12 Å². The molecule has 0 spiro atoms. The zero-order chi connectivity index (χ0) is 22.6. The zero-order valence-corrected chi connectivity index (χ0v) is 20.1. The van der Waals surface area contributed by atoms with Crippen LogP contribution >= 0.6 is 23.3 Å². The summed E-state index contributed by atoms with van der Waals surface area (Å²) < 4.78 is 18.8. The Labute approximate surface area is 199 Å². The Kier molecular flexibility index (Phi) is 5.10. The van der Waals surface area contributed by atoms with Crippen LogP contribution in [0.5, 0.6) is 0 Å². The number of nitrogens with zero attached hydrogens (tertiary/aromatic N) is 7. The highest BCUT2D eigenvalue weighted by molar-refractivity contribution is 7.97. The van der Waals surface area contributed by atoms with Gasteiger partial charge in [0.15, 0.2) is 10.7 Å². The second-order valence-corrected chi connectivity index (χ2v) is 11.3. The maximum atomic E-state index is 13.4. The number of likely N-dealkylation sites (N-methyl/N-ethyl adjacent to an activating group) is 1. The number of rotatable bonds is 7. The topological polar surface area (TPSA) is 85.4 Å². The quantitative estimate of drug-likeness (QED) is 0.512. The average Bonchev–Trinajstić information content (AvgIpc) is 3.72. The highest BCUT2D eigenvalue weighted by atomic mass is 32.2. The number of aromatic nitrogens is 4. The van der Waals surface area contributed by atoms with E-state index in [1.807, 2.05) is 12.4 Å². The molecule has 0 aromatic carbocycles. The van der Waals surface area contributed by atoms with Crippen LogP contribution in [0.3, 0.4) is 0 Å². The Morgan fingerprint density at radius 1 is 1.21 bits per heavy atom. The summed E-state index contributed by atoms with van der Waals surface area (Å²) in [6, 6.07) is 4.56. The van der Waals surface area contributed by atoms with Crippen molar-refractivity contribution in [3.05, 3.63) is 23.5 Å². The molecule has 2 aliphatic carbocycles. The fourth-order valence-electron chi connectivity index (χ4n) is 4.14. The van der Waals surface area contributed by atoms with Gasteiger partial charge in [-0.15, -0.1) is 10.2 Å². The first-order chi connectivity index (χ1) is 16.0. The van der Waals surface area contributed by atoms with E-state index in [-0.39, 0.29) is 12.2 Å². The molecule has 0 unspecified atom stereocenters. The van der Waals surface area contributed by atoms with Gasteiger partial charge in [0.2, 0.25) is 0 Å². The summed E-state index contributed by atoms with van der Waals surface area (Å²) in [6.07, 6.45) is 7.32. The monoisotopic (exact) mass is 484 g/mol. The van der Waals surface area contributed by atoms with Gasteiger partial charge in [-0.25, -0.2) is 9.37 Å². The number of anilines is 1. The second kappa shape index (κ2) is 7.91. The molecule has 1 saturated heterocycles. The SMILES string of the molecule is CN1CCN(c2cc(SNC3(CF)CC3)cn3c(-c4nnc(C5(C#N)CC5)s4)cnc23)CC1. The van der Waals surface area contributed by atoms with E-state index in [2.05, 4.69) is 48.3 Å². The maximum Gasteiger partial charge on any atom is 0.166 e. The van der Waals surface area contributed by atoms with Crippen molar-refractivity contribution in [2.75, 3.05) is 44.8 Å². The Bertz CT molecular complexity index is 1230. The molecule has 0 bridgehead atoms. The third kappa shape index (κ3) is 3.79. The number of nitrogens with one attached hydrogen (secondary N) is 1. The van der Waals surface area contributed by atoms with Crippen molar-refractivity contribution in [2.24, 2.45) is 0 Å². The molecule has 0 amide bonds. The van der Waals surface area contributed by atoms with Crippen LogP contribution in [0.4, 0.5) is 10.1 Å². The molecular weight excluding hydrogens is 459 g/mol. The summed E-state index contributed by atoms with van der Waals surface area (Å²) in [4.78, 5) is 10.5. The van der Waals surface area contributed by atoms with E-state index < -0.39 is 5.41 Å². The number of hydrogen-bond donors (Lipinski definition) is 1. The highest BCUT2D eigenvalue weighted by Crippen LogP contribution is 2.49. The van der Waals surface area contributed by atoms with E-state index in [4.69, 9.17) is 4.98 Å². The number of pyridine rings is 1. The number of nitriles is 1. The Hall–Kier alpha value is -2.26. The van der Waals surface area contributed by atoms with Gasteiger partial charge in [0.25, 0.3) is 0 Å². The van der Waals surface area contributed by atoms with E-state index in [1.165, 1.54) is 23.3 Å². The van der Waals surface area contributed by atoms with Crippen molar-refractivity contribution in [2.45, 2.75) is 41.5 Å². The molecule has 6 rings (SSSR count). The second-order valence-electron chi connectivity index (χ2n) is 9.41. The molecule has 8 nitrogen and oxygen atoms in total. The smallest absolute Gasteiger partial charge is 0.166 e. The minimum absolute atomic E-state index is 0.349. The standard InChI is InChI=1S/C22H25FN8S2/c1-29-6-8-30(9-7-29)16-10-15(33-28-22(13-23)4-5-22)12-31-17(11-25-18(16)31)19-26-27-20(32-19)21(14-24)2-3-21/h10-12,28H,2-9,13H2,1H3. The van der Waals surface area contributed by atoms with Gasteiger partial charge in [0, 0.05) is 37.3 Å². The third-order valence-electron chi connectivity index (χ3n) is 6.92. The van der Waals surface area contributed by atoms with Gasteiger partial charge in [-0.05, 0) is 50.7 Å². The first-order valence-electron chi connectivity index (χ1n) is 11.2. The van der Waals surface area contributed by atoms with E-state index in [0.29, 0.717) is 0 Å². The summed E-state index contributed by atoms with van der Waals surface area (Å²) >= 11 is 2.97. The van der Waals surface area contributed by atoms with Gasteiger partial charge in [-0.1, -0.05) is 11.3 Å². The van der Waals surface area contributed by atoms with Crippen LogP contribution in [0.15, 0.2) is 23.4 Å². The van der Waals surface area contributed by atoms with E-state index in [9.17, 15) is 9.65 Å². The van der Waals surface area contributed by atoms with E-state index in [0.717, 1.165) is 83.8 Å². The number of halogens is 1. The van der Waals surface area contributed by atoms with Crippen LogP contribution in [0, 0.1) is 11.3 Å². The first kappa shape index (κ1) is 21.3. The van der Waals surface area contributed by atoms with Crippen molar-refractivity contribution >= 4 is 34.6 Å². The van der Waals surface area contributed by atoms with Crippen molar-refractivity contribution in [3.63, 3.8) is 0 Å². The first-order valence-corrected chi connectivity index (χ1v) is 12.9. The summed E-state index contributed by atoms with van der Waals surface area (Å²) in [5.41, 5.74) is 1.99. The number of alkyl halides is 1. The molecule has 33 heavy (non-hydrogen) atoms. The molecule has 3 aliphatic rings. The van der Waals surface area contributed by atoms with Crippen molar-refractivity contribution < 1.29 is 4.39 Å². The lowest BCUT2D eigenvalue weighted by Gasteiger charge is -2.34. The zero-order valence-electron chi connectivity index (χ0n) is 18.4. The molecule has 3 fully saturated rings. The molecule has 2 saturated carbocycles. The minimum Gasteiger partial charge on any atom is -0.366 e. The molecule has 1 N–H and O–H groups in total. The van der Waals surface area contributed by atoms with Crippen molar-refractivity contribution in [3.8, 4) is 16.8 Å². The molecule has 3 aromatic rings. The summed E-state index contributed by atoms with van der Waals surface area (Å²) in [5, 5.41) is 19.9. The highest BCUT2D eigenvalue weighted by Gasteiger charge is 2.48. The average molecular weight is 485 g/mol. The minimum atomic E-state index is -0.447. The summed E-state index contributed by atoms with van der Waals surface area (Å²) in [5.74, 6) is 0. The van der Waals surface area contributed by atoms with Gasteiger partial charge < -0.3 is 9.80 Å². The predicted octanol–water partition coefficient (Wildman–Crippen LogP) is 3.26. The Morgan fingerprint density at radius 3 is 2.67 bits per heavy atom. The molecule has 3 aromatic heterocycles. The van der Waals surface area contributed by atoms with Crippen LogP contribution in [0.2, 0.25) is 0 Å². The van der Waals surface area contributed by atoms with Crippen LogP contribution in [-0.4, -0.2) is 69.9 Å². The molecule has 4 heterocycles. The van der Waals surface area contributed by atoms with Gasteiger partial charge in [0.05, 0.1) is 23.5 Å². The van der Waals surface area contributed by atoms with Gasteiger partial charge in [0.1, 0.15) is 22.8 Å². The normalized spacial score (nSPS) is 21.3. The van der Waals surface area contributed by atoms with Crippen LogP contribution in [0.1, 0.15) is 30.7 Å². The fraction of sp³-hybridized carbons (Fsp3) is 0.545. The van der Waals surface area contributed by atoms with E-state index in [1.54, 1.807) is 0 Å². The van der Waals surface area contributed by atoms with Crippen molar-refractivity contribution in [1.29, 1.82) is 5.26 Å². The van der Waals surface area contributed by atoms with Crippen molar-refractivity contribution in [1.82, 2.24) is 29.2 Å². The lowest BCUT2D eigenvalue weighted by Crippen LogP contribution is -2.44. The maximum absolute atomic E-state index is 13.4. The molecule has 1 aliphatic heterocycles. The number of piperazine rings is 1. The predicted molar refractivity (Wildman–Crippen MR) is 127 cm³/mol. The fourth-order valence-corrected chi connectivity index (χ4v) is 6.11. The van der Waals surface area contributed by atoms with Crippen LogP contribution in [0.25, 0.3) is 16.3 Å². The lowest BCUT2D eigenvalue weighted by molar-refractivity contribution is 0.313. The molecule has 0 radical (unpaired) electrons. The van der Waals surface area contributed by atoms with Gasteiger partial charge >= 0.3 is 0 Å². The summed E-state index contributed by atoms with van der Waals surface area (Å²) in [7, 11) is 2.14. The van der Waals surface area contributed by atoms with Crippen LogP contribution in [-0.2, 0) is 5.41 Å². The molecule has 11 heteroatoms. The summed E-state index contributed by atoms with van der Waals surface area (Å²) in [6.45, 7) is 3.50. The molecule has 172 valence electrons. The lowest BCUT2D eigenvalue weighted by atomic mass is 10.1. The number of imidazole rings is 1. The number of fused-ring (bicyclic) bond motifs is 1. The largest absolute Gasteiger partial charge is 0.366 e. The van der Waals surface area contributed by atoms with E-state index >= 15 is 0 Å². The Morgan fingerprint density at radius 2 is 2.00 bits per heavy atom. The number of hydrogen-bond acceptors (Lipinski definition) is 9. The van der Waals surface area contributed by atoms with Crippen LogP contribution < -0.4 is 9.62 Å². The molecular formula is C22H25FN8S2. The van der Waals surface area contributed by atoms with Gasteiger partial charge in [-0.2, -0.15) is 5.26 Å². The third-order valence-corrected chi connectivity index (χ3v) is 9.06. The Balaban J connectivity index is 1.39.